The van der Waals surface area contributed by atoms with Gasteiger partial charge in [-0.3, -0.25) is 0 Å². The standard InChI is InChI=1S/C20H27NO2S/c1-15(20-12-17-9-18(13-20)11-19(10-17)14-20)21-24(22,23)8-7-16-5-3-2-4-6-16/h2-8,15,17-19,21H,9-14H2,1H3/b8-7+/t15-,17?,18?,19?,20?/m0/s1. The van der Waals surface area contributed by atoms with Crippen LogP contribution in [0.25, 0.3) is 6.08 Å². The van der Waals surface area contributed by atoms with Crippen LogP contribution in [0.5, 0.6) is 0 Å². The number of hydrogen-bond donors (Lipinski definition) is 1. The molecule has 0 unspecified atom stereocenters. The topological polar surface area (TPSA) is 46.2 Å². The van der Waals surface area contributed by atoms with Crippen molar-refractivity contribution in [3.8, 4) is 0 Å². The molecule has 4 heteroatoms. The van der Waals surface area contributed by atoms with Crippen LogP contribution in [0.1, 0.15) is 51.0 Å². The van der Waals surface area contributed by atoms with Crippen molar-refractivity contribution >= 4 is 16.1 Å². The van der Waals surface area contributed by atoms with Crippen LogP contribution in [0, 0.1) is 23.2 Å². The Morgan fingerprint density at radius 3 is 2.12 bits per heavy atom. The third kappa shape index (κ3) is 3.18. The van der Waals surface area contributed by atoms with Gasteiger partial charge in [-0.15, -0.1) is 0 Å². The molecule has 4 aliphatic carbocycles. The average Bonchev–Trinajstić information content (AvgIpc) is 2.52. The van der Waals surface area contributed by atoms with Crippen molar-refractivity contribution in [1.82, 2.24) is 4.72 Å². The van der Waals surface area contributed by atoms with E-state index in [1.807, 2.05) is 30.3 Å². The van der Waals surface area contributed by atoms with Crippen LogP contribution >= 0.6 is 0 Å². The van der Waals surface area contributed by atoms with Gasteiger partial charge in [0.25, 0.3) is 0 Å². The molecule has 0 amide bonds. The lowest BCUT2D eigenvalue weighted by molar-refractivity contribution is -0.0665. The van der Waals surface area contributed by atoms with E-state index in [-0.39, 0.29) is 11.5 Å². The second-order valence-corrected chi connectivity index (χ2v) is 9.98. The van der Waals surface area contributed by atoms with E-state index in [1.165, 1.54) is 43.9 Å². The van der Waals surface area contributed by atoms with Gasteiger partial charge < -0.3 is 0 Å². The highest BCUT2D eigenvalue weighted by Crippen LogP contribution is 2.61. The molecule has 4 fully saturated rings. The third-order valence-electron chi connectivity index (χ3n) is 6.58. The largest absolute Gasteiger partial charge is 0.233 e. The van der Waals surface area contributed by atoms with Crippen LogP contribution in [-0.4, -0.2) is 14.5 Å². The van der Waals surface area contributed by atoms with Crippen molar-refractivity contribution in [1.29, 1.82) is 0 Å². The molecule has 0 aliphatic heterocycles. The minimum atomic E-state index is -3.40. The van der Waals surface area contributed by atoms with Gasteiger partial charge in [-0.2, -0.15) is 0 Å². The maximum absolute atomic E-state index is 12.5. The van der Waals surface area contributed by atoms with Crippen LogP contribution in [0.3, 0.4) is 0 Å². The fourth-order valence-electron chi connectivity index (χ4n) is 5.85. The van der Waals surface area contributed by atoms with Crippen molar-refractivity contribution in [3.63, 3.8) is 0 Å². The summed E-state index contributed by atoms with van der Waals surface area (Å²) >= 11 is 0. The minimum absolute atomic E-state index is 0.0244. The van der Waals surface area contributed by atoms with Gasteiger partial charge in [0, 0.05) is 11.4 Å². The number of rotatable bonds is 5. The molecule has 0 aromatic heterocycles. The molecule has 1 aromatic rings. The molecule has 1 atom stereocenters. The zero-order valence-electron chi connectivity index (χ0n) is 14.3. The highest BCUT2D eigenvalue weighted by atomic mass is 32.2. The Labute approximate surface area is 145 Å². The zero-order chi connectivity index (χ0) is 16.8. The Morgan fingerprint density at radius 1 is 1.04 bits per heavy atom. The van der Waals surface area contributed by atoms with E-state index in [2.05, 4.69) is 11.6 Å². The Bertz CT molecular complexity index is 688. The molecule has 1 N–H and O–H groups in total. The van der Waals surface area contributed by atoms with Gasteiger partial charge in [-0.05, 0) is 80.3 Å². The molecule has 0 saturated heterocycles. The van der Waals surface area contributed by atoms with Crippen LogP contribution in [-0.2, 0) is 10.0 Å². The molecule has 130 valence electrons. The summed E-state index contributed by atoms with van der Waals surface area (Å²) in [6, 6.07) is 9.61. The number of benzene rings is 1. The van der Waals surface area contributed by atoms with Gasteiger partial charge >= 0.3 is 0 Å². The van der Waals surface area contributed by atoms with E-state index >= 15 is 0 Å². The molecule has 1 aromatic carbocycles. The molecule has 5 rings (SSSR count). The molecular weight excluding hydrogens is 318 g/mol. The Kier molecular flexibility index (Phi) is 4.08. The van der Waals surface area contributed by atoms with E-state index in [1.54, 1.807) is 6.08 Å². The number of nitrogens with one attached hydrogen (secondary N) is 1. The highest BCUT2D eigenvalue weighted by Gasteiger charge is 2.53. The second-order valence-electron chi connectivity index (χ2n) is 8.38. The van der Waals surface area contributed by atoms with Gasteiger partial charge in [0.05, 0.1) is 0 Å². The second kappa shape index (κ2) is 5.99. The SMILES string of the molecule is C[C@H](NS(=O)(=O)/C=C/c1ccccc1)C12CC3CC(CC(C3)C1)C2. The summed E-state index contributed by atoms with van der Waals surface area (Å²) in [5.41, 5.74) is 1.10. The molecule has 24 heavy (non-hydrogen) atoms. The van der Waals surface area contributed by atoms with E-state index in [0.29, 0.717) is 0 Å². The smallest absolute Gasteiger partial charge is 0.208 e. The summed E-state index contributed by atoms with van der Waals surface area (Å²) in [4.78, 5) is 0. The zero-order valence-corrected chi connectivity index (χ0v) is 15.1. The summed E-state index contributed by atoms with van der Waals surface area (Å²) in [5.74, 6) is 2.51. The van der Waals surface area contributed by atoms with E-state index in [0.717, 1.165) is 23.3 Å². The number of sulfonamides is 1. The monoisotopic (exact) mass is 345 g/mol. The predicted octanol–water partition coefficient (Wildman–Crippen LogP) is 4.18. The summed E-state index contributed by atoms with van der Waals surface area (Å²) in [6.07, 6.45) is 9.46. The molecular formula is C20H27NO2S. The first-order valence-corrected chi connectivity index (χ1v) is 10.7. The summed E-state index contributed by atoms with van der Waals surface area (Å²) < 4.78 is 28.0. The van der Waals surface area contributed by atoms with Crippen molar-refractivity contribution in [2.24, 2.45) is 23.2 Å². The maximum atomic E-state index is 12.5. The van der Waals surface area contributed by atoms with Gasteiger partial charge in [0.15, 0.2) is 0 Å². The lowest BCUT2D eigenvalue weighted by Gasteiger charge is -2.59. The van der Waals surface area contributed by atoms with Gasteiger partial charge in [-0.1, -0.05) is 30.3 Å². The first-order chi connectivity index (χ1) is 11.4. The van der Waals surface area contributed by atoms with Crippen LogP contribution in [0.15, 0.2) is 35.7 Å². The predicted molar refractivity (Wildman–Crippen MR) is 97.6 cm³/mol. The lowest BCUT2D eigenvalue weighted by Crippen LogP contribution is -2.55. The molecule has 0 heterocycles. The third-order valence-corrected chi connectivity index (χ3v) is 7.76. The molecule has 4 aliphatic rings. The van der Waals surface area contributed by atoms with Crippen molar-refractivity contribution in [2.75, 3.05) is 0 Å². The summed E-state index contributed by atoms with van der Waals surface area (Å²) in [5, 5.41) is 1.32. The molecule has 4 bridgehead atoms. The first-order valence-electron chi connectivity index (χ1n) is 9.20. The lowest BCUT2D eigenvalue weighted by atomic mass is 9.48. The Balaban J connectivity index is 1.47. The number of hydrogen-bond acceptors (Lipinski definition) is 2. The van der Waals surface area contributed by atoms with Gasteiger partial charge in [0.2, 0.25) is 10.0 Å². The van der Waals surface area contributed by atoms with Crippen molar-refractivity contribution < 1.29 is 8.42 Å². The van der Waals surface area contributed by atoms with Gasteiger partial charge in [0.1, 0.15) is 0 Å². The fourth-order valence-corrected chi connectivity index (χ4v) is 7.01. The summed E-state index contributed by atoms with van der Waals surface area (Å²) in [7, 11) is -3.40. The minimum Gasteiger partial charge on any atom is -0.208 e. The van der Waals surface area contributed by atoms with Crippen molar-refractivity contribution in [3.05, 3.63) is 41.3 Å². The molecule has 0 radical (unpaired) electrons. The Hall–Kier alpha value is -1.13. The first kappa shape index (κ1) is 16.3. The van der Waals surface area contributed by atoms with Gasteiger partial charge in [-0.25, -0.2) is 13.1 Å². The summed E-state index contributed by atoms with van der Waals surface area (Å²) in [6.45, 7) is 2.08. The molecule has 3 nitrogen and oxygen atoms in total. The normalized spacial score (nSPS) is 36.3. The Morgan fingerprint density at radius 2 is 1.58 bits per heavy atom. The van der Waals surface area contributed by atoms with E-state index in [9.17, 15) is 8.42 Å². The highest BCUT2D eigenvalue weighted by molar-refractivity contribution is 7.92. The molecule has 4 saturated carbocycles. The quantitative estimate of drug-likeness (QED) is 0.870. The van der Waals surface area contributed by atoms with Crippen LogP contribution in [0.2, 0.25) is 0 Å². The van der Waals surface area contributed by atoms with E-state index in [4.69, 9.17) is 0 Å². The van der Waals surface area contributed by atoms with E-state index < -0.39 is 10.0 Å². The molecule has 0 spiro atoms. The fraction of sp³-hybridized carbons (Fsp3) is 0.600. The maximum Gasteiger partial charge on any atom is 0.233 e. The van der Waals surface area contributed by atoms with Crippen LogP contribution < -0.4 is 4.72 Å². The van der Waals surface area contributed by atoms with Crippen LogP contribution in [0.4, 0.5) is 0 Å². The average molecular weight is 346 g/mol. The van der Waals surface area contributed by atoms with Crippen molar-refractivity contribution in [2.45, 2.75) is 51.5 Å².